The number of carbonyl (C=O) groups is 1. The SMILES string of the molecule is COCC(O)c1ccc2c(c1)CN(C(=O)C(C)(C)C)C2. The van der Waals surface area contributed by atoms with Gasteiger partial charge >= 0.3 is 0 Å². The number of ether oxygens (including phenoxy) is 1. The van der Waals surface area contributed by atoms with E-state index in [0.717, 1.165) is 16.7 Å². The second-order valence-corrected chi connectivity index (χ2v) is 6.41. The topological polar surface area (TPSA) is 49.8 Å². The monoisotopic (exact) mass is 277 g/mol. The molecule has 0 fully saturated rings. The molecule has 2 rings (SSSR count). The fourth-order valence-electron chi connectivity index (χ4n) is 2.49. The van der Waals surface area contributed by atoms with Crippen molar-refractivity contribution in [2.75, 3.05) is 13.7 Å². The van der Waals surface area contributed by atoms with E-state index in [-0.39, 0.29) is 17.9 Å². The number of aliphatic hydroxyl groups excluding tert-OH is 1. The summed E-state index contributed by atoms with van der Waals surface area (Å²) in [4.78, 5) is 14.2. The van der Waals surface area contributed by atoms with Gasteiger partial charge in [-0.2, -0.15) is 0 Å². The maximum atomic E-state index is 12.3. The van der Waals surface area contributed by atoms with E-state index in [1.54, 1.807) is 7.11 Å². The molecule has 0 radical (unpaired) electrons. The highest BCUT2D eigenvalue weighted by molar-refractivity contribution is 5.82. The molecule has 4 nitrogen and oxygen atoms in total. The Bertz CT molecular complexity index is 505. The summed E-state index contributed by atoms with van der Waals surface area (Å²) in [5, 5.41) is 9.95. The van der Waals surface area contributed by atoms with Gasteiger partial charge in [-0.15, -0.1) is 0 Å². The van der Waals surface area contributed by atoms with Crippen molar-refractivity contribution in [1.29, 1.82) is 0 Å². The minimum absolute atomic E-state index is 0.160. The lowest BCUT2D eigenvalue weighted by atomic mass is 9.95. The van der Waals surface area contributed by atoms with Crippen molar-refractivity contribution < 1.29 is 14.6 Å². The molecule has 0 saturated heterocycles. The molecule has 0 aromatic heterocycles. The van der Waals surface area contributed by atoms with Gasteiger partial charge in [-0.25, -0.2) is 0 Å². The Hall–Kier alpha value is -1.39. The fraction of sp³-hybridized carbons (Fsp3) is 0.562. The van der Waals surface area contributed by atoms with Gasteiger partial charge in [0.1, 0.15) is 6.10 Å². The smallest absolute Gasteiger partial charge is 0.228 e. The van der Waals surface area contributed by atoms with Crippen LogP contribution >= 0.6 is 0 Å². The lowest BCUT2D eigenvalue weighted by Crippen LogP contribution is -2.35. The standard InChI is InChI=1S/C16H23NO3/c1-16(2,3)15(19)17-8-12-6-5-11(7-13(12)9-17)14(18)10-20-4/h5-7,14,18H,8-10H2,1-4H3. The van der Waals surface area contributed by atoms with E-state index in [1.807, 2.05) is 43.9 Å². The van der Waals surface area contributed by atoms with E-state index >= 15 is 0 Å². The molecular weight excluding hydrogens is 254 g/mol. The van der Waals surface area contributed by atoms with Crippen molar-refractivity contribution in [3.05, 3.63) is 34.9 Å². The highest BCUT2D eigenvalue weighted by atomic mass is 16.5. The average molecular weight is 277 g/mol. The van der Waals surface area contributed by atoms with Crippen LogP contribution in [0.1, 0.15) is 43.6 Å². The summed E-state index contributed by atoms with van der Waals surface area (Å²) in [7, 11) is 1.57. The van der Waals surface area contributed by atoms with Crippen LogP contribution in [0.5, 0.6) is 0 Å². The number of benzene rings is 1. The summed E-state index contributed by atoms with van der Waals surface area (Å²) in [5.41, 5.74) is 2.77. The number of hydrogen-bond donors (Lipinski definition) is 1. The van der Waals surface area contributed by atoms with E-state index in [4.69, 9.17) is 4.74 Å². The molecule has 1 amide bonds. The van der Waals surface area contributed by atoms with Gasteiger partial charge in [0.25, 0.3) is 0 Å². The van der Waals surface area contributed by atoms with E-state index in [1.165, 1.54) is 0 Å². The van der Waals surface area contributed by atoms with Gasteiger partial charge in [0.15, 0.2) is 0 Å². The molecular formula is C16H23NO3. The molecule has 1 atom stereocenters. The van der Waals surface area contributed by atoms with Crippen molar-refractivity contribution in [3.63, 3.8) is 0 Å². The third kappa shape index (κ3) is 3.02. The molecule has 20 heavy (non-hydrogen) atoms. The van der Waals surface area contributed by atoms with Crippen LogP contribution in [0.3, 0.4) is 0 Å². The van der Waals surface area contributed by atoms with E-state index in [0.29, 0.717) is 13.1 Å². The third-order valence-electron chi connectivity index (χ3n) is 3.59. The predicted molar refractivity (Wildman–Crippen MR) is 77.0 cm³/mol. The Kier molecular flexibility index (Phi) is 4.16. The number of rotatable bonds is 3. The number of methoxy groups -OCH3 is 1. The van der Waals surface area contributed by atoms with Gasteiger partial charge < -0.3 is 14.7 Å². The molecule has 4 heteroatoms. The van der Waals surface area contributed by atoms with Crippen molar-refractivity contribution in [1.82, 2.24) is 4.90 Å². The van der Waals surface area contributed by atoms with Gasteiger partial charge in [0.2, 0.25) is 5.91 Å². The summed E-state index contributed by atoms with van der Waals surface area (Å²) >= 11 is 0. The second-order valence-electron chi connectivity index (χ2n) is 6.41. The molecule has 0 bridgehead atoms. The minimum Gasteiger partial charge on any atom is -0.386 e. The van der Waals surface area contributed by atoms with Crippen LogP contribution in [0.25, 0.3) is 0 Å². The highest BCUT2D eigenvalue weighted by Crippen LogP contribution is 2.29. The van der Waals surface area contributed by atoms with Crippen molar-refractivity contribution in [2.45, 2.75) is 40.0 Å². The molecule has 1 aliphatic rings. The molecule has 1 unspecified atom stereocenters. The summed E-state index contributed by atoms with van der Waals surface area (Å²) < 4.78 is 4.97. The highest BCUT2D eigenvalue weighted by Gasteiger charge is 2.31. The molecule has 1 aliphatic heterocycles. The number of fused-ring (bicyclic) bond motifs is 1. The molecule has 0 spiro atoms. The fourth-order valence-corrected chi connectivity index (χ4v) is 2.49. The molecule has 1 heterocycles. The number of carbonyl (C=O) groups excluding carboxylic acids is 1. The second kappa shape index (κ2) is 5.54. The number of aliphatic hydroxyl groups is 1. The zero-order chi connectivity index (χ0) is 14.9. The summed E-state index contributed by atoms with van der Waals surface area (Å²) in [5.74, 6) is 0.160. The summed E-state index contributed by atoms with van der Waals surface area (Å²) in [6.07, 6.45) is -0.613. The quantitative estimate of drug-likeness (QED) is 0.922. The maximum Gasteiger partial charge on any atom is 0.228 e. The number of amides is 1. The van der Waals surface area contributed by atoms with Crippen LogP contribution in [0.4, 0.5) is 0 Å². The zero-order valence-corrected chi connectivity index (χ0v) is 12.6. The van der Waals surface area contributed by atoms with Gasteiger partial charge in [-0.1, -0.05) is 39.0 Å². The molecule has 0 saturated carbocycles. The Labute approximate surface area is 120 Å². The molecule has 0 aliphatic carbocycles. The van der Waals surface area contributed by atoms with Crippen LogP contribution in [-0.2, 0) is 22.6 Å². The average Bonchev–Trinajstić information content (AvgIpc) is 2.79. The van der Waals surface area contributed by atoms with Crippen molar-refractivity contribution >= 4 is 5.91 Å². The Morgan fingerprint density at radius 3 is 2.60 bits per heavy atom. The molecule has 1 N–H and O–H groups in total. The first-order chi connectivity index (χ1) is 9.32. The van der Waals surface area contributed by atoms with Crippen molar-refractivity contribution in [3.8, 4) is 0 Å². The van der Waals surface area contributed by atoms with Crippen LogP contribution in [0, 0.1) is 5.41 Å². The van der Waals surface area contributed by atoms with E-state index in [9.17, 15) is 9.90 Å². The molecule has 1 aromatic rings. The number of hydrogen-bond acceptors (Lipinski definition) is 3. The first-order valence-corrected chi connectivity index (χ1v) is 6.91. The Balaban J connectivity index is 2.15. The van der Waals surface area contributed by atoms with Gasteiger partial charge in [0.05, 0.1) is 6.61 Å². The zero-order valence-electron chi connectivity index (χ0n) is 12.6. The Morgan fingerprint density at radius 1 is 1.35 bits per heavy atom. The first kappa shape index (κ1) is 15.0. The minimum atomic E-state index is -0.613. The maximum absolute atomic E-state index is 12.3. The lowest BCUT2D eigenvalue weighted by molar-refractivity contribution is -0.140. The van der Waals surface area contributed by atoms with Gasteiger partial charge in [-0.3, -0.25) is 4.79 Å². The summed E-state index contributed by atoms with van der Waals surface area (Å²) in [6, 6.07) is 5.89. The van der Waals surface area contributed by atoms with Crippen LogP contribution in [-0.4, -0.2) is 29.6 Å². The summed E-state index contributed by atoms with van der Waals surface area (Å²) in [6.45, 7) is 7.37. The van der Waals surface area contributed by atoms with Crippen LogP contribution in [0.2, 0.25) is 0 Å². The molecule has 110 valence electrons. The van der Waals surface area contributed by atoms with E-state index < -0.39 is 6.10 Å². The lowest BCUT2D eigenvalue weighted by Gasteiger charge is -2.25. The number of nitrogens with zero attached hydrogens (tertiary/aromatic N) is 1. The van der Waals surface area contributed by atoms with Gasteiger partial charge in [-0.05, 0) is 16.7 Å². The van der Waals surface area contributed by atoms with Crippen LogP contribution < -0.4 is 0 Å². The van der Waals surface area contributed by atoms with E-state index in [2.05, 4.69) is 0 Å². The van der Waals surface area contributed by atoms with Crippen molar-refractivity contribution in [2.24, 2.45) is 5.41 Å². The first-order valence-electron chi connectivity index (χ1n) is 6.91. The van der Waals surface area contributed by atoms with Crippen LogP contribution in [0.15, 0.2) is 18.2 Å². The Morgan fingerprint density at radius 2 is 2.00 bits per heavy atom. The third-order valence-corrected chi connectivity index (χ3v) is 3.59. The normalized spacial score (nSPS) is 16.1. The molecule has 1 aromatic carbocycles. The largest absolute Gasteiger partial charge is 0.386 e. The predicted octanol–water partition coefficient (Wildman–Crippen LogP) is 2.25. The van der Waals surface area contributed by atoms with Gasteiger partial charge in [0, 0.05) is 25.6 Å².